The molecular weight excluding hydrogens is 859 g/mol. The highest BCUT2D eigenvalue weighted by Gasteiger charge is 2.50. The number of ketones is 1. The Labute approximate surface area is 392 Å². The van der Waals surface area contributed by atoms with Crippen LogP contribution in [0.3, 0.4) is 0 Å². The first-order chi connectivity index (χ1) is 31.8. The van der Waals surface area contributed by atoms with Crippen LogP contribution in [0.25, 0.3) is 10.8 Å². The van der Waals surface area contributed by atoms with Gasteiger partial charge in [0.25, 0.3) is 11.7 Å². The molecule has 2 saturated heterocycles. The molecule has 0 aliphatic carbocycles. The zero-order valence-corrected chi connectivity index (χ0v) is 40.4. The number of phenols is 2. The third-order valence-corrected chi connectivity index (χ3v) is 14.4. The summed E-state index contributed by atoms with van der Waals surface area (Å²) in [6, 6.07) is 0. The second kappa shape index (κ2) is 19.7. The van der Waals surface area contributed by atoms with E-state index in [1.54, 1.807) is 69.9 Å². The van der Waals surface area contributed by atoms with Crippen LogP contribution in [0.2, 0.25) is 0 Å². The first kappa shape index (κ1) is 49.6. The number of anilines is 1. The second-order valence-electron chi connectivity index (χ2n) is 19.7. The highest BCUT2D eigenvalue weighted by molar-refractivity contribution is 6.19. The molecule has 16 heteroatoms. The molecule has 1 spiro atoms. The number of aromatic hydroxyl groups is 2. The van der Waals surface area contributed by atoms with Gasteiger partial charge < -0.3 is 54.5 Å². The Morgan fingerprint density at radius 2 is 1.64 bits per heavy atom. The summed E-state index contributed by atoms with van der Waals surface area (Å²) in [4.78, 5) is 57.0. The van der Waals surface area contributed by atoms with E-state index in [9.17, 15) is 34.8 Å². The van der Waals surface area contributed by atoms with E-state index in [0.717, 1.165) is 25.8 Å². The molecule has 0 radical (unpaired) electrons. The van der Waals surface area contributed by atoms with E-state index in [2.05, 4.69) is 30.6 Å². The van der Waals surface area contributed by atoms with Crippen molar-refractivity contribution in [3.05, 3.63) is 70.6 Å². The molecule has 2 aromatic carbocycles. The summed E-state index contributed by atoms with van der Waals surface area (Å²) in [5.74, 6) is -6.32. The van der Waals surface area contributed by atoms with E-state index in [0.29, 0.717) is 44.9 Å². The first-order valence-corrected chi connectivity index (χ1v) is 23.7. The minimum atomic E-state index is -1.99. The number of hydrogen-bond acceptors (Lipinski definition) is 14. The molecule has 5 bridgehead atoms. The average molecular weight is 928 g/mol. The molecular formula is C51H69N5O11. The number of piperidine rings is 2. The van der Waals surface area contributed by atoms with Gasteiger partial charge in [-0.15, -0.1) is 6.58 Å². The summed E-state index contributed by atoms with van der Waals surface area (Å²) < 4.78 is 24.8. The number of aliphatic hydroxyl groups is 2. The summed E-state index contributed by atoms with van der Waals surface area (Å²) in [7, 11) is 1.47. The zero-order chi connectivity index (χ0) is 48.7. The van der Waals surface area contributed by atoms with Gasteiger partial charge in [0, 0.05) is 99.8 Å². The van der Waals surface area contributed by atoms with Crippen molar-refractivity contribution in [3.8, 4) is 17.2 Å². The number of fused-ring (bicyclic) bond motifs is 13. The Bertz CT molecular complexity index is 2490. The van der Waals surface area contributed by atoms with Gasteiger partial charge in [-0.1, -0.05) is 58.9 Å². The van der Waals surface area contributed by atoms with E-state index in [1.807, 2.05) is 0 Å². The Morgan fingerprint density at radius 1 is 0.970 bits per heavy atom. The van der Waals surface area contributed by atoms with Gasteiger partial charge in [0.15, 0.2) is 11.4 Å². The standard InChI is InChI=1S/C51H69N5O11/c1-11-33-34(64-10)18-25-65-50(9)47(61)37-35-36(43(59)32(8)46(37)67-50)44(60)40(39-38(35)53-51(54-39)19-23-55(24-20-51)26-27(2)3)52-48(62)29(5)17-15-16-28(4)41(57)30(6)42(58)31(7)45(33)66-49(63)56-21-13-12-14-22-56/h11,15-18,25,27-28,30-31,33-34,41-42,45,57-60H,1,12-14,19-24,26H2,2-10H3,(H,52,62)/b16-15+,25-18+,29-17-/t28-,30+,31+,33+,34-,41-,42+,45-,50-/m0/s1. The van der Waals surface area contributed by atoms with Crippen LogP contribution >= 0.6 is 0 Å². The number of methoxy groups -OCH3 is 1. The van der Waals surface area contributed by atoms with Crippen LogP contribution in [0.5, 0.6) is 17.2 Å². The summed E-state index contributed by atoms with van der Waals surface area (Å²) in [6.07, 6.45) is 8.41. The van der Waals surface area contributed by atoms with E-state index < -0.39 is 83.1 Å². The maximum absolute atomic E-state index is 14.9. The molecule has 8 rings (SSSR count). The van der Waals surface area contributed by atoms with Crippen molar-refractivity contribution in [1.29, 1.82) is 0 Å². The predicted molar refractivity (Wildman–Crippen MR) is 252 cm³/mol. The molecule has 16 nitrogen and oxygen atoms in total. The van der Waals surface area contributed by atoms with Gasteiger partial charge in [0.2, 0.25) is 0 Å². The molecule has 0 saturated carbocycles. The third kappa shape index (κ3) is 9.46. The van der Waals surface area contributed by atoms with Crippen molar-refractivity contribution in [1.82, 2.24) is 9.80 Å². The van der Waals surface area contributed by atoms with Crippen LogP contribution in [-0.2, 0) is 19.0 Å². The van der Waals surface area contributed by atoms with Crippen LogP contribution in [0, 0.1) is 36.5 Å². The summed E-state index contributed by atoms with van der Waals surface area (Å²) >= 11 is 0. The second-order valence-corrected chi connectivity index (χ2v) is 19.7. The number of carbonyl (C=O) groups excluding carboxylic acids is 3. The monoisotopic (exact) mass is 927 g/mol. The van der Waals surface area contributed by atoms with Gasteiger partial charge in [-0.3, -0.25) is 19.6 Å². The topological polar surface area (TPSA) is 212 Å². The first-order valence-electron chi connectivity index (χ1n) is 23.7. The number of benzene rings is 2. The van der Waals surface area contributed by atoms with Gasteiger partial charge >= 0.3 is 11.9 Å². The molecule has 0 unspecified atom stereocenters. The highest BCUT2D eigenvalue weighted by atomic mass is 16.7. The number of aliphatic hydroxyl groups excluding tert-OH is 2. The average Bonchev–Trinajstić information content (AvgIpc) is 3.81. The number of Topliss-reactive ketones (excluding diaryl/α,β-unsaturated/α-hetero) is 1. The number of likely N-dealkylation sites (tertiary alicyclic amines) is 2. The lowest BCUT2D eigenvalue weighted by Crippen LogP contribution is -2.49. The number of carbonyl (C=O) groups is 3. The lowest BCUT2D eigenvalue weighted by atomic mass is 9.78. The van der Waals surface area contributed by atoms with Gasteiger partial charge in [-0.05, 0) is 45.1 Å². The Morgan fingerprint density at radius 3 is 2.28 bits per heavy atom. The fourth-order valence-electron chi connectivity index (χ4n) is 10.3. The van der Waals surface area contributed by atoms with Crippen molar-refractivity contribution >= 4 is 34.2 Å². The molecule has 6 heterocycles. The van der Waals surface area contributed by atoms with E-state index in [1.165, 1.54) is 20.3 Å². The third-order valence-electron chi connectivity index (χ3n) is 14.4. The molecule has 5 N–H and O–H groups in total. The number of phenolic OH excluding ortho intramolecular Hbond substituents is 2. The highest BCUT2D eigenvalue weighted by Crippen LogP contribution is 2.50. The van der Waals surface area contributed by atoms with Crippen LogP contribution in [0.15, 0.2) is 58.8 Å². The molecule has 6 aliphatic heterocycles. The Hall–Kier alpha value is -5.29. The van der Waals surface area contributed by atoms with Crippen LogP contribution in [0.4, 0.5) is 10.5 Å². The SMILES string of the molecule is C=C[C@H]1[C@@H](OC(=O)N2CCCCC2)[C@H](C)[C@H](O)[C@H](C)[C@@H](O)[C@@H](C)/C=C/C=C(/C)C(=O)Nc2c(O)c3c(O)c(C)c4c(c3c3c2=NC2(CCN(CC(C)C)CC2)N=3)C(=O)[C@@](C)(O/C=C/[C@@H]1OC)O4. The number of nitrogens with zero attached hydrogens (tertiary/aromatic N) is 4. The predicted octanol–water partition coefficient (Wildman–Crippen LogP) is 5.97. The molecule has 0 aromatic heterocycles. The van der Waals surface area contributed by atoms with Crippen LogP contribution in [0.1, 0.15) is 96.5 Å². The molecule has 2 amide bonds. The van der Waals surface area contributed by atoms with Crippen molar-refractivity contribution < 1.29 is 53.8 Å². The number of hydrogen-bond donors (Lipinski definition) is 5. The van der Waals surface area contributed by atoms with Crippen molar-refractivity contribution in [2.45, 2.75) is 123 Å². The Balaban J connectivity index is 1.37. The smallest absolute Gasteiger partial charge is 0.410 e. The lowest BCUT2D eigenvalue weighted by Gasteiger charge is -2.39. The number of amides is 2. The number of allylic oxidation sites excluding steroid dienone is 2. The van der Waals surface area contributed by atoms with Gasteiger partial charge in [-0.25, -0.2) is 4.79 Å². The van der Waals surface area contributed by atoms with Gasteiger partial charge in [0.05, 0.1) is 40.9 Å². The Kier molecular flexibility index (Phi) is 14.6. The molecule has 364 valence electrons. The molecule has 9 atom stereocenters. The van der Waals surface area contributed by atoms with E-state index in [4.69, 9.17) is 28.9 Å². The molecule has 67 heavy (non-hydrogen) atoms. The molecule has 2 aromatic rings. The minimum Gasteiger partial charge on any atom is -0.507 e. The lowest BCUT2D eigenvalue weighted by molar-refractivity contribution is -0.112. The van der Waals surface area contributed by atoms with Crippen molar-refractivity contribution in [2.24, 2.45) is 39.6 Å². The fraction of sp³-hybridized carbons (Fsp3) is 0.588. The maximum Gasteiger partial charge on any atom is 0.410 e. The summed E-state index contributed by atoms with van der Waals surface area (Å²) in [5.41, 5.74) is -0.609. The summed E-state index contributed by atoms with van der Waals surface area (Å²) in [6.45, 7) is 21.6. The number of ether oxygens (including phenoxy) is 4. The minimum absolute atomic E-state index is 0.0275. The molecule has 2 fully saturated rings. The van der Waals surface area contributed by atoms with Crippen LogP contribution < -0.4 is 20.8 Å². The van der Waals surface area contributed by atoms with Gasteiger partial charge in [0.1, 0.15) is 28.6 Å². The quantitative estimate of drug-likeness (QED) is 0.173. The maximum atomic E-state index is 14.9. The van der Waals surface area contributed by atoms with Crippen molar-refractivity contribution in [3.63, 3.8) is 0 Å². The van der Waals surface area contributed by atoms with Crippen LogP contribution in [-0.4, -0.2) is 124 Å². The van der Waals surface area contributed by atoms with E-state index in [-0.39, 0.29) is 55.4 Å². The number of nitrogens with one attached hydrogen (secondary N) is 1. The fourth-order valence-corrected chi connectivity index (χ4v) is 10.3. The summed E-state index contributed by atoms with van der Waals surface area (Å²) in [5, 5.41) is 50.9. The van der Waals surface area contributed by atoms with E-state index >= 15 is 0 Å². The zero-order valence-electron chi connectivity index (χ0n) is 40.4. The normalized spacial score (nSPS) is 32.1. The molecule has 6 aliphatic rings. The number of rotatable bonds is 5. The largest absolute Gasteiger partial charge is 0.507 e. The van der Waals surface area contributed by atoms with Gasteiger partial charge in [-0.2, -0.15) is 0 Å². The van der Waals surface area contributed by atoms with Crippen molar-refractivity contribution in [2.75, 3.05) is 45.2 Å².